The summed E-state index contributed by atoms with van der Waals surface area (Å²) in [5.74, 6) is -0.506. The van der Waals surface area contributed by atoms with Crippen LogP contribution in [0.1, 0.15) is 69.2 Å². The van der Waals surface area contributed by atoms with Gasteiger partial charge in [0.15, 0.2) is 5.11 Å². The normalized spacial score (nSPS) is 21.2. The lowest BCUT2D eigenvalue weighted by Crippen LogP contribution is -2.54. The first kappa shape index (κ1) is 24.1. The van der Waals surface area contributed by atoms with E-state index in [1.165, 1.54) is 16.2 Å². The first-order valence-electron chi connectivity index (χ1n) is 11.8. The molecule has 2 aliphatic rings. The number of nitrogens with zero attached hydrogens (tertiary/aromatic N) is 2. The van der Waals surface area contributed by atoms with E-state index in [0.717, 1.165) is 23.1 Å². The topological polar surface area (TPSA) is 52.7 Å². The van der Waals surface area contributed by atoms with Gasteiger partial charge in [0.25, 0.3) is 11.8 Å². The Morgan fingerprint density at radius 1 is 1.15 bits per heavy atom. The lowest BCUT2D eigenvalue weighted by atomic mass is 9.78. The molecule has 178 valence electrons. The third kappa shape index (κ3) is 4.16. The van der Waals surface area contributed by atoms with Crippen LogP contribution < -0.4 is 15.1 Å². The summed E-state index contributed by atoms with van der Waals surface area (Å²) in [6, 6.07) is 12.2. The zero-order valence-electron chi connectivity index (χ0n) is 21.0. The van der Waals surface area contributed by atoms with Crippen molar-refractivity contribution >= 4 is 46.6 Å². The molecule has 1 saturated heterocycles. The highest BCUT2D eigenvalue weighted by Crippen LogP contribution is 2.45. The summed E-state index contributed by atoms with van der Waals surface area (Å²) in [4.78, 5) is 30.2. The predicted molar refractivity (Wildman–Crippen MR) is 143 cm³/mol. The van der Waals surface area contributed by atoms with Crippen LogP contribution in [0, 0.1) is 13.8 Å². The van der Waals surface area contributed by atoms with Crippen molar-refractivity contribution in [2.24, 2.45) is 0 Å². The summed E-state index contributed by atoms with van der Waals surface area (Å²) in [5, 5.41) is 2.79. The van der Waals surface area contributed by atoms with Crippen LogP contribution in [0.15, 0.2) is 42.0 Å². The number of anilines is 2. The van der Waals surface area contributed by atoms with Crippen LogP contribution in [0.25, 0.3) is 6.08 Å². The van der Waals surface area contributed by atoms with Crippen LogP contribution in [0.4, 0.5) is 11.4 Å². The van der Waals surface area contributed by atoms with Gasteiger partial charge in [-0.3, -0.25) is 19.8 Å². The molecule has 0 saturated carbocycles. The number of fused-ring (bicyclic) bond motifs is 1. The molecule has 1 fully saturated rings. The fourth-order valence-corrected chi connectivity index (χ4v) is 5.84. The van der Waals surface area contributed by atoms with Crippen LogP contribution in [0.5, 0.6) is 0 Å². The lowest BCUT2D eigenvalue weighted by Gasteiger charge is -2.50. The number of hydrogen-bond acceptors (Lipinski definition) is 4. The molecule has 2 aromatic carbocycles. The Kier molecular flexibility index (Phi) is 6.15. The number of benzene rings is 2. The molecular formula is C28H33N3O2S. The summed E-state index contributed by atoms with van der Waals surface area (Å²) in [6.45, 7) is 15.3. The SMILES string of the molecule is Cc1cccc(N2C(=O)/C(=C/c3cc4c(cc3C)N(C(C)C)C(C)(C)C[C@@H]4C)C(=O)NC2=S)c1. The van der Waals surface area contributed by atoms with E-state index in [0.29, 0.717) is 17.6 Å². The Bertz CT molecular complexity index is 1230. The maximum Gasteiger partial charge on any atom is 0.270 e. The molecule has 2 amide bonds. The van der Waals surface area contributed by atoms with E-state index in [1.54, 1.807) is 6.08 Å². The number of carbonyl (C=O) groups excluding carboxylic acids is 2. The van der Waals surface area contributed by atoms with Gasteiger partial charge in [-0.05, 0) is 119 Å². The Balaban J connectivity index is 1.79. The molecule has 1 N–H and O–H groups in total. The maximum absolute atomic E-state index is 13.5. The van der Waals surface area contributed by atoms with E-state index in [9.17, 15) is 9.59 Å². The molecule has 0 radical (unpaired) electrons. The highest BCUT2D eigenvalue weighted by atomic mass is 32.1. The van der Waals surface area contributed by atoms with E-state index in [4.69, 9.17) is 12.2 Å². The zero-order valence-corrected chi connectivity index (χ0v) is 21.8. The molecule has 34 heavy (non-hydrogen) atoms. The third-order valence-corrected chi connectivity index (χ3v) is 7.13. The average molecular weight is 476 g/mol. The summed E-state index contributed by atoms with van der Waals surface area (Å²) in [7, 11) is 0. The number of hydrogen-bond donors (Lipinski definition) is 1. The molecule has 6 heteroatoms. The van der Waals surface area contributed by atoms with Gasteiger partial charge in [-0.25, -0.2) is 0 Å². The number of rotatable bonds is 3. The van der Waals surface area contributed by atoms with Gasteiger partial charge in [-0.15, -0.1) is 0 Å². The number of thiocarbonyl (C=S) groups is 1. The fraction of sp³-hybridized carbons (Fsp3) is 0.393. The lowest BCUT2D eigenvalue weighted by molar-refractivity contribution is -0.122. The zero-order chi connectivity index (χ0) is 24.9. The van der Waals surface area contributed by atoms with Crippen LogP contribution in [0.2, 0.25) is 0 Å². The van der Waals surface area contributed by atoms with E-state index in [2.05, 4.69) is 57.0 Å². The van der Waals surface area contributed by atoms with Crippen molar-refractivity contribution in [1.29, 1.82) is 0 Å². The van der Waals surface area contributed by atoms with Crippen molar-refractivity contribution in [2.75, 3.05) is 9.80 Å². The van der Waals surface area contributed by atoms with Crippen molar-refractivity contribution in [3.63, 3.8) is 0 Å². The minimum absolute atomic E-state index is 0.0518. The fourth-order valence-electron chi connectivity index (χ4n) is 5.56. The Morgan fingerprint density at radius 3 is 2.50 bits per heavy atom. The molecular weight excluding hydrogens is 442 g/mol. The van der Waals surface area contributed by atoms with Crippen molar-refractivity contribution in [3.8, 4) is 0 Å². The van der Waals surface area contributed by atoms with Crippen LogP contribution >= 0.6 is 12.2 Å². The Morgan fingerprint density at radius 2 is 1.85 bits per heavy atom. The van der Waals surface area contributed by atoms with Crippen LogP contribution in [0.3, 0.4) is 0 Å². The minimum atomic E-state index is -0.464. The van der Waals surface area contributed by atoms with Gasteiger partial charge in [0.2, 0.25) is 0 Å². The molecule has 2 heterocycles. The second kappa shape index (κ2) is 8.66. The molecule has 0 bridgehead atoms. The van der Waals surface area contributed by atoms with E-state index in [-0.39, 0.29) is 16.2 Å². The quantitative estimate of drug-likeness (QED) is 0.355. The monoisotopic (exact) mass is 475 g/mol. The molecule has 1 atom stereocenters. The molecule has 5 nitrogen and oxygen atoms in total. The molecule has 2 aromatic rings. The van der Waals surface area contributed by atoms with Gasteiger partial charge in [-0.2, -0.15) is 0 Å². The average Bonchev–Trinajstić information content (AvgIpc) is 2.70. The van der Waals surface area contributed by atoms with E-state index >= 15 is 0 Å². The molecule has 0 unspecified atom stereocenters. The molecule has 4 rings (SSSR count). The maximum atomic E-state index is 13.5. The predicted octanol–water partition coefficient (Wildman–Crippen LogP) is 5.64. The Labute approximate surface area is 207 Å². The standard InChI is InChI=1S/C28H33N3O2S/c1-16(2)31-24-12-18(4)20(13-22(24)19(5)15-28(31,6)7)14-23-25(32)29-27(34)30(26(23)33)21-10-8-9-17(3)11-21/h8-14,16,19H,15H2,1-7H3,(H,29,32,34)/b23-14+/t19-/m0/s1. The van der Waals surface area contributed by atoms with Gasteiger partial charge in [0.05, 0.1) is 5.69 Å². The van der Waals surface area contributed by atoms with Crippen molar-refractivity contribution in [2.45, 2.75) is 72.4 Å². The van der Waals surface area contributed by atoms with Crippen molar-refractivity contribution in [3.05, 3.63) is 64.2 Å². The van der Waals surface area contributed by atoms with Crippen LogP contribution in [-0.2, 0) is 9.59 Å². The second-order valence-corrected chi connectivity index (χ2v) is 10.8. The summed E-state index contributed by atoms with van der Waals surface area (Å²) in [6.07, 6.45) is 2.75. The molecule has 2 aliphatic heterocycles. The Hall–Kier alpha value is -2.99. The van der Waals surface area contributed by atoms with Gasteiger partial charge in [0, 0.05) is 17.3 Å². The highest BCUT2D eigenvalue weighted by molar-refractivity contribution is 7.80. The summed E-state index contributed by atoms with van der Waals surface area (Å²) >= 11 is 5.34. The summed E-state index contributed by atoms with van der Waals surface area (Å²) in [5.41, 5.74) is 6.18. The largest absolute Gasteiger partial charge is 0.364 e. The molecule has 0 aromatic heterocycles. The smallest absolute Gasteiger partial charge is 0.270 e. The summed E-state index contributed by atoms with van der Waals surface area (Å²) < 4.78 is 0. The highest BCUT2D eigenvalue weighted by Gasteiger charge is 2.38. The van der Waals surface area contributed by atoms with Crippen molar-refractivity contribution in [1.82, 2.24) is 5.32 Å². The first-order chi connectivity index (χ1) is 15.9. The number of aryl methyl sites for hydroxylation is 2. The van der Waals surface area contributed by atoms with E-state index in [1.807, 2.05) is 38.1 Å². The van der Waals surface area contributed by atoms with Gasteiger partial charge in [0.1, 0.15) is 5.57 Å². The van der Waals surface area contributed by atoms with E-state index < -0.39 is 11.8 Å². The van der Waals surface area contributed by atoms with Gasteiger partial charge in [-0.1, -0.05) is 19.1 Å². The van der Waals surface area contributed by atoms with Crippen molar-refractivity contribution < 1.29 is 9.59 Å². The molecule has 0 spiro atoms. The van der Waals surface area contributed by atoms with Gasteiger partial charge < -0.3 is 4.90 Å². The second-order valence-electron chi connectivity index (χ2n) is 10.4. The molecule has 0 aliphatic carbocycles. The minimum Gasteiger partial charge on any atom is -0.364 e. The first-order valence-corrected chi connectivity index (χ1v) is 12.2. The third-order valence-electron chi connectivity index (χ3n) is 6.84. The van der Waals surface area contributed by atoms with Gasteiger partial charge >= 0.3 is 0 Å². The number of carbonyl (C=O) groups is 2. The number of nitrogens with one attached hydrogen (secondary N) is 1. The number of amides is 2. The van der Waals surface area contributed by atoms with Crippen LogP contribution in [-0.4, -0.2) is 28.5 Å².